The van der Waals surface area contributed by atoms with Gasteiger partial charge < -0.3 is 16.2 Å². The fraction of sp³-hybridized carbons (Fsp3) is 0.800. The smallest absolute Gasteiger partial charge is 0.227 e. The Morgan fingerprint density at radius 1 is 1.50 bits per heavy atom. The second kappa shape index (κ2) is 7.51. The number of rotatable bonds is 8. The highest BCUT2D eigenvalue weighted by molar-refractivity contribution is 7.99. The molecule has 94 valence electrons. The Hall–Kier alpha value is -0.750. The number of primary amides is 1. The molecule has 0 bridgehead atoms. The molecule has 0 aromatic carbocycles. The van der Waals surface area contributed by atoms with Gasteiger partial charge in [0.2, 0.25) is 11.8 Å². The number of carbonyl (C=O) groups is 2. The minimum Gasteiger partial charge on any atom is -0.388 e. The average Bonchev–Trinajstić information content (AvgIpc) is 2.21. The predicted molar refractivity (Wildman–Crippen MR) is 65.1 cm³/mol. The van der Waals surface area contributed by atoms with Crippen LogP contribution in [-0.2, 0) is 9.59 Å². The molecule has 0 aliphatic rings. The summed E-state index contributed by atoms with van der Waals surface area (Å²) in [5.74, 6) is 0.299. The van der Waals surface area contributed by atoms with Crippen LogP contribution in [0.2, 0.25) is 0 Å². The summed E-state index contributed by atoms with van der Waals surface area (Å²) >= 11 is 1.33. The van der Waals surface area contributed by atoms with Gasteiger partial charge in [0.25, 0.3) is 0 Å². The fourth-order valence-electron chi connectivity index (χ4n) is 0.840. The van der Waals surface area contributed by atoms with E-state index < -0.39 is 5.60 Å². The second-order valence-electron chi connectivity index (χ2n) is 3.90. The third kappa shape index (κ3) is 8.55. The summed E-state index contributed by atoms with van der Waals surface area (Å²) in [6.45, 7) is 3.78. The van der Waals surface area contributed by atoms with Crippen LogP contribution >= 0.6 is 11.8 Å². The number of hydrogen-bond acceptors (Lipinski definition) is 4. The van der Waals surface area contributed by atoms with E-state index in [1.54, 1.807) is 6.92 Å². The molecule has 0 saturated heterocycles. The van der Waals surface area contributed by atoms with E-state index in [1.807, 2.05) is 6.92 Å². The summed E-state index contributed by atoms with van der Waals surface area (Å²) in [5, 5.41) is 12.3. The number of amides is 2. The van der Waals surface area contributed by atoms with E-state index in [1.165, 1.54) is 11.8 Å². The van der Waals surface area contributed by atoms with Crippen molar-refractivity contribution in [3.63, 3.8) is 0 Å². The van der Waals surface area contributed by atoms with Crippen molar-refractivity contribution < 1.29 is 14.7 Å². The Kier molecular flexibility index (Phi) is 7.16. The number of hydrogen-bond donors (Lipinski definition) is 3. The van der Waals surface area contributed by atoms with E-state index in [2.05, 4.69) is 5.32 Å². The summed E-state index contributed by atoms with van der Waals surface area (Å²) in [7, 11) is 0. The maximum Gasteiger partial charge on any atom is 0.227 e. The molecule has 0 aliphatic heterocycles. The summed E-state index contributed by atoms with van der Waals surface area (Å²) in [6, 6.07) is 0. The zero-order chi connectivity index (χ0) is 12.6. The zero-order valence-electron chi connectivity index (χ0n) is 9.78. The highest BCUT2D eigenvalue weighted by Gasteiger charge is 2.17. The number of nitrogens with one attached hydrogen (secondary N) is 1. The highest BCUT2D eigenvalue weighted by atomic mass is 32.2. The molecule has 0 aliphatic carbocycles. The summed E-state index contributed by atoms with van der Waals surface area (Å²) < 4.78 is 0. The molecule has 16 heavy (non-hydrogen) atoms. The van der Waals surface area contributed by atoms with Gasteiger partial charge in [0.05, 0.1) is 11.4 Å². The maximum atomic E-state index is 11.3. The van der Waals surface area contributed by atoms with E-state index in [-0.39, 0.29) is 24.1 Å². The lowest BCUT2D eigenvalue weighted by molar-refractivity contribution is -0.122. The molecule has 5 nitrogen and oxygen atoms in total. The van der Waals surface area contributed by atoms with Crippen LogP contribution in [0.3, 0.4) is 0 Å². The van der Waals surface area contributed by atoms with E-state index in [0.29, 0.717) is 18.6 Å². The van der Waals surface area contributed by atoms with Crippen LogP contribution < -0.4 is 11.1 Å². The number of thioether (sulfide) groups is 1. The molecule has 6 heteroatoms. The molecule has 2 amide bonds. The minimum absolute atomic E-state index is 0.120. The standard InChI is InChI=1S/C10H20N2O3S/c1-3-10(2,15)7-12-9(14)4-5-16-6-8(11)13/h15H,3-7H2,1-2H3,(H2,11,13)(H,12,14). The maximum absolute atomic E-state index is 11.3. The second-order valence-corrected chi connectivity index (χ2v) is 5.00. The van der Waals surface area contributed by atoms with Crippen molar-refractivity contribution in [2.45, 2.75) is 32.3 Å². The first-order valence-electron chi connectivity index (χ1n) is 5.22. The number of nitrogens with two attached hydrogens (primary N) is 1. The summed E-state index contributed by atoms with van der Waals surface area (Å²) in [6.07, 6.45) is 0.918. The van der Waals surface area contributed by atoms with Crippen LogP contribution in [0.25, 0.3) is 0 Å². The molecular formula is C10H20N2O3S. The van der Waals surface area contributed by atoms with Crippen LogP contribution in [0, 0.1) is 0 Å². The molecule has 0 rings (SSSR count). The van der Waals surface area contributed by atoms with Gasteiger partial charge in [-0.1, -0.05) is 6.92 Å². The Morgan fingerprint density at radius 3 is 2.62 bits per heavy atom. The van der Waals surface area contributed by atoms with Gasteiger partial charge in [-0.15, -0.1) is 0 Å². The van der Waals surface area contributed by atoms with Crippen molar-refractivity contribution in [3.05, 3.63) is 0 Å². The molecule has 1 unspecified atom stereocenters. The SMILES string of the molecule is CCC(C)(O)CNC(=O)CCSCC(N)=O. The van der Waals surface area contributed by atoms with Crippen LogP contribution in [0.5, 0.6) is 0 Å². The van der Waals surface area contributed by atoms with Gasteiger partial charge in [-0.05, 0) is 13.3 Å². The minimum atomic E-state index is -0.851. The third-order valence-corrected chi connectivity index (χ3v) is 3.13. The molecular weight excluding hydrogens is 228 g/mol. The molecule has 0 spiro atoms. The Balaban J connectivity index is 3.56. The lowest BCUT2D eigenvalue weighted by atomic mass is 10.0. The largest absolute Gasteiger partial charge is 0.388 e. The molecule has 4 N–H and O–H groups in total. The van der Waals surface area contributed by atoms with Crippen LogP contribution in [0.1, 0.15) is 26.7 Å². The lowest BCUT2D eigenvalue weighted by Gasteiger charge is -2.21. The molecule has 0 aromatic heterocycles. The monoisotopic (exact) mass is 248 g/mol. The predicted octanol–water partition coefficient (Wildman–Crippen LogP) is -0.128. The molecule has 0 radical (unpaired) electrons. The van der Waals surface area contributed by atoms with Gasteiger partial charge in [-0.2, -0.15) is 11.8 Å². The highest BCUT2D eigenvalue weighted by Crippen LogP contribution is 2.06. The Morgan fingerprint density at radius 2 is 2.12 bits per heavy atom. The van der Waals surface area contributed by atoms with Gasteiger partial charge in [0.1, 0.15) is 0 Å². The van der Waals surface area contributed by atoms with Crippen molar-refractivity contribution >= 4 is 23.6 Å². The lowest BCUT2D eigenvalue weighted by Crippen LogP contribution is -2.40. The average molecular weight is 248 g/mol. The summed E-state index contributed by atoms with van der Waals surface area (Å²) in [4.78, 5) is 21.7. The zero-order valence-corrected chi connectivity index (χ0v) is 10.6. The first kappa shape index (κ1) is 15.2. The first-order chi connectivity index (χ1) is 7.37. The summed E-state index contributed by atoms with van der Waals surface area (Å²) in [5.41, 5.74) is 4.10. The van der Waals surface area contributed by atoms with E-state index in [9.17, 15) is 14.7 Å². The molecule has 0 fully saturated rings. The molecule has 1 atom stereocenters. The molecule has 0 heterocycles. The quantitative estimate of drug-likeness (QED) is 0.522. The molecule has 0 saturated carbocycles. The van der Waals surface area contributed by atoms with Gasteiger partial charge in [-0.25, -0.2) is 0 Å². The van der Waals surface area contributed by atoms with Crippen molar-refractivity contribution in [2.24, 2.45) is 5.73 Å². The normalized spacial score (nSPS) is 14.2. The number of aliphatic hydroxyl groups is 1. The van der Waals surface area contributed by atoms with Gasteiger partial charge in [-0.3, -0.25) is 9.59 Å². The van der Waals surface area contributed by atoms with Crippen molar-refractivity contribution in [1.29, 1.82) is 0 Å². The van der Waals surface area contributed by atoms with Gasteiger partial charge >= 0.3 is 0 Å². The topological polar surface area (TPSA) is 92.4 Å². The van der Waals surface area contributed by atoms with E-state index in [4.69, 9.17) is 5.73 Å². The van der Waals surface area contributed by atoms with Gasteiger partial charge in [0, 0.05) is 18.7 Å². The fourth-order valence-corrected chi connectivity index (χ4v) is 1.52. The van der Waals surface area contributed by atoms with E-state index >= 15 is 0 Å². The van der Waals surface area contributed by atoms with Crippen LogP contribution in [0.4, 0.5) is 0 Å². The van der Waals surface area contributed by atoms with Crippen molar-refractivity contribution in [2.75, 3.05) is 18.1 Å². The van der Waals surface area contributed by atoms with Crippen molar-refractivity contribution in [1.82, 2.24) is 5.32 Å². The van der Waals surface area contributed by atoms with Crippen LogP contribution in [-0.4, -0.2) is 40.6 Å². The molecule has 0 aromatic rings. The number of carbonyl (C=O) groups excluding carboxylic acids is 2. The third-order valence-electron chi connectivity index (χ3n) is 2.15. The van der Waals surface area contributed by atoms with Crippen LogP contribution in [0.15, 0.2) is 0 Å². The Bertz CT molecular complexity index is 244. The van der Waals surface area contributed by atoms with E-state index in [0.717, 1.165) is 0 Å². The van der Waals surface area contributed by atoms with Gasteiger partial charge in [0.15, 0.2) is 0 Å². The Labute approximate surface area is 100 Å². The van der Waals surface area contributed by atoms with Crippen molar-refractivity contribution in [3.8, 4) is 0 Å². The first-order valence-corrected chi connectivity index (χ1v) is 6.38.